The van der Waals surface area contributed by atoms with E-state index < -0.39 is 5.97 Å². The van der Waals surface area contributed by atoms with Crippen molar-refractivity contribution in [3.8, 4) is 11.1 Å². The number of nitrogens with zero attached hydrogens (tertiary/aromatic N) is 7. The van der Waals surface area contributed by atoms with Gasteiger partial charge in [-0.15, -0.1) is 0 Å². The summed E-state index contributed by atoms with van der Waals surface area (Å²) < 4.78 is 0. The third-order valence-corrected chi connectivity index (χ3v) is 13.2. The van der Waals surface area contributed by atoms with Crippen molar-refractivity contribution in [2.75, 3.05) is 77.7 Å². The van der Waals surface area contributed by atoms with Gasteiger partial charge in [-0.1, -0.05) is 82.8 Å². The van der Waals surface area contributed by atoms with Crippen LogP contribution in [0.3, 0.4) is 0 Å². The molecule has 0 spiro atoms. The van der Waals surface area contributed by atoms with Gasteiger partial charge in [0.2, 0.25) is 0 Å². The SMILES string of the molecule is Cc1cc(N2CCN(C(=O)c3cnc4c(c3)N(Cc3cc(Cl)ccc3Cl)CCN4)CC2)c2ccccc2n1.O=C(O)c1ccccc1-c1cnc2c(c1)N(Cc1cc(Cl)ccc1Cl)CCN2. The number of benzene rings is 4. The number of aryl methyl sites for hydroxylation is 1. The van der Waals surface area contributed by atoms with Gasteiger partial charge < -0.3 is 35.3 Å². The van der Waals surface area contributed by atoms with Crippen molar-refractivity contribution >= 4 is 97.9 Å². The number of nitrogens with one attached hydrogen (secondary N) is 2. The minimum atomic E-state index is -0.964. The van der Waals surface area contributed by atoms with E-state index >= 15 is 0 Å². The highest BCUT2D eigenvalue weighted by Crippen LogP contribution is 2.36. The molecular weight excluding hydrogens is 916 g/mol. The third kappa shape index (κ3) is 9.78. The number of fused-ring (bicyclic) bond motifs is 3. The van der Waals surface area contributed by atoms with Gasteiger partial charge in [0.1, 0.15) is 11.6 Å². The lowest BCUT2D eigenvalue weighted by Crippen LogP contribution is -2.49. The number of para-hydroxylation sites is 1. The third-order valence-electron chi connectivity index (χ3n) is 11.9. The van der Waals surface area contributed by atoms with Crippen LogP contribution in [0.4, 0.5) is 28.7 Å². The fourth-order valence-corrected chi connectivity index (χ4v) is 9.40. The molecular formula is C50H45Cl4N9O3. The number of aromatic nitrogens is 3. The maximum atomic E-state index is 13.5. The monoisotopic (exact) mass is 959 g/mol. The first-order chi connectivity index (χ1) is 32.0. The standard InChI is InChI=1S/C29H28Cl2N6O.C21H17Cl2N3O2/c1-19-14-26(23-4-2-3-5-25(23)34-19)35-10-12-36(13-11-35)29(38)20-16-27-28(33-17-20)32-8-9-37(27)18-21-15-22(30)6-7-24(21)31;22-15-5-6-18(23)14(9-15)12-26-8-7-24-20-19(26)10-13(11-25-20)16-3-1-2-4-17(16)21(27)28/h2-7,14-17H,8-13,18H2,1H3,(H,32,33);1-6,9-11H,7-8,12H2,(H,24,25)(H,27,28). The maximum absolute atomic E-state index is 13.5. The number of halogens is 4. The Morgan fingerprint density at radius 3 is 1.89 bits per heavy atom. The second kappa shape index (κ2) is 19.7. The fourth-order valence-electron chi connectivity index (χ4n) is 8.65. The minimum absolute atomic E-state index is 0.00188. The molecule has 3 aliphatic rings. The summed E-state index contributed by atoms with van der Waals surface area (Å²) in [6, 6.07) is 32.1. The lowest BCUT2D eigenvalue weighted by molar-refractivity contribution is 0.0696. The molecule has 66 heavy (non-hydrogen) atoms. The minimum Gasteiger partial charge on any atom is -0.478 e. The van der Waals surface area contributed by atoms with Gasteiger partial charge in [0, 0.05) is 120 Å². The number of amides is 1. The first kappa shape index (κ1) is 44.9. The zero-order chi connectivity index (χ0) is 45.9. The Morgan fingerprint density at radius 2 is 1.24 bits per heavy atom. The van der Waals surface area contributed by atoms with Crippen LogP contribution in [-0.2, 0) is 13.1 Å². The molecule has 0 bridgehead atoms. The Balaban J connectivity index is 0.000000174. The number of anilines is 5. The average molecular weight is 962 g/mol. The summed E-state index contributed by atoms with van der Waals surface area (Å²) in [5.74, 6) is 0.577. The summed E-state index contributed by atoms with van der Waals surface area (Å²) >= 11 is 25.1. The van der Waals surface area contributed by atoms with Crippen LogP contribution >= 0.6 is 46.4 Å². The van der Waals surface area contributed by atoms with Crippen LogP contribution < -0.4 is 25.3 Å². The second-order valence-corrected chi connectivity index (χ2v) is 18.0. The molecule has 1 amide bonds. The molecule has 0 atom stereocenters. The molecule has 6 heterocycles. The molecule has 12 nitrogen and oxygen atoms in total. The van der Waals surface area contributed by atoms with Crippen LogP contribution in [0.5, 0.6) is 0 Å². The zero-order valence-electron chi connectivity index (χ0n) is 35.9. The molecule has 1 saturated heterocycles. The summed E-state index contributed by atoms with van der Waals surface area (Å²) in [4.78, 5) is 47.6. The van der Waals surface area contributed by atoms with Crippen molar-refractivity contribution in [1.82, 2.24) is 19.9 Å². The molecule has 0 unspecified atom stereocenters. The van der Waals surface area contributed by atoms with Crippen LogP contribution in [0.15, 0.2) is 116 Å². The van der Waals surface area contributed by atoms with E-state index in [9.17, 15) is 14.7 Å². The predicted molar refractivity (Wildman–Crippen MR) is 267 cm³/mol. The lowest BCUT2D eigenvalue weighted by atomic mass is 10.0. The molecule has 3 aromatic heterocycles. The highest BCUT2D eigenvalue weighted by molar-refractivity contribution is 6.34. The second-order valence-electron chi connectivity index (χ2n) is 16.3. The summed E-state index contributed by atoms with van der Waals surface area (Å²) in [6.45, 7) is 9.06. The number of carbonyl (C=O) groups is 2. The van der Waals surface area contributed by atoms with Crippen molar-refractivity contribution in [2.45, 2.75) is 20.0 Å². The van der Waals surface area contributed by atoms with Gasteiger partial charge in [0.05, 0.1) is 28.0 Å². The van der Waals surface area contributed by atoms with Gasteiger partial charge in [-0.2, -0.15) is 0 Å². The van der Waals surface area contributed by atoms with Gasteiger partial charge >= 0.3 is 5.97 Å². The number of aromatic carboxylic acids is 1. The van der Waals surface area contributed by atoms with Gasteiger partial charge in [-0.05, 0) is 90.3 Å². The van der Waals surface area contributed by atoms with E-state index in [1.165, 1.54) is 5.69 Å². The van der Waals surface area contributed by atoms with Gasteiger partial charge in [0.15, 0.2) is 0 Å². The summed E-state index contributed by atoms with van der Waals surface area (Å²) in [5, 5.41) is 19.9. The Hall–Kier alpha value is -6.31. The molecule has 3 N–H and O–H groups in total. The Labute approximate surface area is 402 Å². The van der Waals surface area contributed by atoms with Crippen LogP contribution in [-0.4, -0.2) is 89.2 Å². The molecule has 7 aromatic rings. The van der Waals surface area contributed by atoms with Crippen LogP contribution in [0.1, 0.15) is 37.5 Å². The molecule has 0 saturated carbocycles. The molecule has 1 fully saturated rings. The zero-order valence-corrected chi connectivity index (χ0v) is 39.0. The van der Waals surface area contributed by atoms with Crippen molar-refractivity contribution in [3.63, 3.8) is 0 Å². The average Bonchev–Trinajstić information content (AvgIpc) is 3.33. The normalized spacial score (nSPS) is 14.4. The molecule has 0 radical (unpaired) electrons. The predicted octanol–water partition coefficient (Wildman–Crippen LogP) is 10.8. The van der Waals surface area contributed by atoms with Crippen LogP contribution in [0, 0.1) is 6.92 Å². The Kier molecular flexibility index (Phi) is 13.4. The summed E-state index contributed by atoms with van der Waals surface area (Å²) in [7, 11) is 0. The lowest BCUT2D eigenvalue weighted by Gasteiger charge is -2.37. The number of rotatable bonds is 8. The van der Waals surface area contributed by atoms with Crippen molar-refractivity contribution < 1.29 is 14.7 Å². The van der Waals surface area contributed by atoms with E-state index in [0.717, 1.165) is 95.6 Å². The highest BCUT2D eigenvalue weighted by atomic mass is 35.5. The summed E-state index contributed by atoms with van der Waals surface area (Å²) in [5.41, 5.74) is 9.07. The van der Waals surface area contributed by atoms with Crippen LogP contribution in [0.2, 0.25) is 20.1 Å². The Morgan fingerprint density at radius 1 is 0.652 bits per heavy atom. The van der Waals surface area contributed by atoms with E-state index in [-0.39, 0.29) is 11.5 Å². The highest BCUT2D eigenvalue weighted by Gasteiger charge is 2.27. The fraction of sp³-hybridized carbons (Fsp3) is 0.220. The molecule has 16 heteroatoms. The number of pyridine rings is 3. The van der Waals surface area contributed by atoms with E-state index in [2.05, 4.69) is 52.4 Å². The van der Waals surface area contributed by atoms with Crippen molar-refractivity contribution in [3.05, 3.63) is 164 Å². The molecule has 4 aromatic carbocycles. The number of hydrogen-bond acceptors (Lipinski definition) is 10. The van der Waals surface area contributed by atoms with Crippen molar-refractivity contribution in [2.24, 2.45) is 0 Å². The topological polar surface area (TPSA) is 130 Å². The van der Waals surface area contributed by atoms with Crippen molar-refractivity contribution in [1.29, 1.82) is 0 Å². The number of carboxylic acids is 1. The summed E-state index contributed by atoms with van der Waals surface area (Å²) in [6.07, 6.45) is 3.37. The van der Waals surface area contributed by atoms with E-state index in [0.29, 0.717) is 57.4 Å². The van der Waals surface area contributed by atoms with E-state index in [1.54, 1.807) is 48.8 Å². The molecule has 336 valence electrons. The number of carbonyl (C=O) groups excluding carboxylic acids is 1. The van der Waals surface area contributed by atoms with E-state index in [1.807, 2.05) is 66.4 Å². The smallest absolute Gasteiger partial charge is 0.336 e. The first-order valence-corrected chi connectivity index (χ1v) is 23.1. The van der Waals surface area contributed by atoms with Gasteiger partial charge in [-0.25, -0.2) is 14.8 Å². The van der Waals surface area contributed by atoms with E-state index in [4.69, 9.17) is 46.4 Å². The quantitative estimate of drug-likeness (QED) is 0.135. The molecule has 3 aliphatic heterocycles. The van der Waals surface area contributed by atoms with Gasteiger partial charge in [0.25, 0.3) is 5.91 Å². The Bertz CT molecular complexity index is 2970. The maximum Gasteiger partial charge on any atom is 0.336 e. The first-order valence-electron chi connectivity index (χ1n) is 21.6. The number of piperazine rings is 1. The number of carboxylic acid groups (broad SMARTS) is 1. The molecule has 0 aliphatic carbocycles. The van der Waals surface area contributed by atoms with Gasteiger partial charge in [-0.3, -0.25) is 9.78 Å². The van der Waals surface area contributed by atoms with Crippen LogP contribution in [0.25, 0.3) is 22.0 Å². The number of hydrogen-bond donors (Lipinski definition) is 3. The largest absolute Gasteiger partial charge is 0.478 e. The molecule has 10 rings (SSSR count).